The molecule has 0 aliphatic rings. The lowest BCUT2D eigenvalue weighted by Crippen LogP contribution is -2.24. The molecular formula is C26H46N4O4S2. The first-order chi connectivity index (χ1) is 16.7. The van der Waals surface area contributed by atoms with Gasteiger partial charge in [-0.3, -0.25) is 9.13 Å². The summed E-state index contributed by atoms with van der Waals surface area (Å²) < 4.78 is 8.40. The molecule has 0 aliphatic heterocycles. The molecule has 206 valence electrons. The molecule has 2 aromatic rings. The molecule has 4 N–H and O–H groups in total. The lowest BCUT2D eigenvalue weighted by Gasteiger charge is -2.28. The van der Waals surface area contributed by atoms with Gasteiger partial charge >= 0.3 is 0 Å². The zero-order valence-corrected chi connectivity index (χ0v) is 24.4. The fraction of sp³-hybridized carbons (Fsp3) is 0.769. The normalized spacial score (nSPS) is 14.3. The van der Waals surface area contributed by atoms with Crippen molar-refractivity contribution in [2.24, 2.45) is 10.8 Å². The van der Waals surface area contributed by atoms with Crippen LogP contribution < -0.4 is 0 Å². The molecule has 2 aromatic heterocycles. The van der Waals surface area contributed by atoms with Crippen molar-refractivity contribution in [3.63, 3.8) is 0 Å². The van der Waals surface area contributed by atoms with Crippen LogP contribution in [0.2, 0.25) is 0 Å². The highest BCUT2D eigenvalue weighted by Gasteiger charge is 2.25. The monoisotopic (exact) mass is 542 g/mol. The number of nitrogens with zero attached hydrogens (tertiary/aromatic N) is 4. The van der Waals surface area contributed by atoms with Gasteiger partial charge in [-0.2, -0.15) is 0 Å². The first-order valence-electron chi connectivity index (χ1n) is 13.0. The van der Waals surface area contributed by atoms with Crippen LogP contribution in [0.4, 0.5) is 0 Å². The summed E-state index contributed by atoms with van der Waals surface area (Å²) in [5, 5.41) is 41.6. The number of aliphatic hydroxyl groups is 2. The largest absolute Gasteiger partial charge is 0.493 e. The van der Waals surface area contributed by atoms with Gasteiger partial charge in [-0.25, -0.2) is 0 Å². The highest BCUT2D eigenvalue weighted by Crippen LogP contribution is 2.31. The summed E-state index contributed by atoms with van der Waals surface area (Å²) in [6, 6.07) is 0. The number of aromatic nitrogens is 4. The lowest BCUT2D eigenvalue weighted by molar-refractivity contribution is 0.0846. The lowest BCUT2D eigenvalue weighted by atomic mass is 9.84. The van der Waals surface area contributed by atoms with Gasteiger partial charge in [0.25, 0.3) is 0 Å². The van der Waals surface area contributed by atoms with Gasteiger partial charge in [0.1, 0.15) is 0 Å². The van der Waals surface area contributed by atoms with Crippen LogP contribution in [0, 0.1) is 20.4 Å². The smallest absolute Gasteiger partial charge is 0.210 e. The molecule has 0 aliphatic carbocycles. The molecule has 36 heavy (non-hydrogen) atoms. The second-order valence-electron chi connectivity index (χ2n) is 11.6. The fourth-order valence-corrected chi connectivity index (χ4v) is 5.27. The van der Waals surface area contributed by atoms with Crippen LogP contribution in [-0.4, -0.2) is 50.9 Å². The summed E-state index contributed by atoms with van der Waals surface area (Å²) in [6.45, 7) is 15.0. The number of aryl methyl sites for hydroxylation is 2. The molecule has 10 heteroatoms. The number of hydrogen-bond acceptors (Lipinski definition) is 6. The summed E-state index contributed by atoms with van der Waals surface area (Å²) in [4.78, 5) is 0. The average molecular weight is 543 g/mol. The predicted octanol–water partition coefficient (Wildman–Crippen LogP) is 5.62. The summed E-state index contributed by atoms with van der Waals surface area (Å²) in [5.41, 5.74) is -0.300. The Labute approximate surface area is 225 Å². The van der Waals surface area contributed by atoms with Gasteiger partial charge in [-0.15, -0.1) is 0 Å². The summed E-state index contributed by atoms with van der Waals surface area (Å²) in [6.07, 6.45) is 6.23. The third kappa shape index (κ3) is 8.46. The maximum Gasteiger partial charge on any atom is 0.210 e. The van der Waals surface area contributed by atoms with E-state index in [0.29, 0.717) is 61.4 Å². The summed E-state index contributed by atoms with van der Waals surface area (Å²) in [5.74, 6) is 0.337. The molecule has 0 saturated heterocycles. The summed E-state index contributed by atoms with van der Waals surface area (Å²) in [7, 11) is 0. The maximum absolute atomic E-state index is 10.6. The first-order valence-corrected chi connectivity index (χ1v) is 13.9. The molecule has 0 aromatic carbocycles. The van der Waals surface area contributed by atoms with Crippen LogP contribution in [0.3, 0.4) is 0 Å². The van der Waals surface area contributed by atoms with E-state index in [0.717, 1.165) is 12.8 Å². The molecule has 2 rings (SSSR count). The second-order valence-corrected chi connectivity index (χ2v) is 12.3. The van der Waals surface area contributed by atoms with Crippen molar-refractivity contribution in [2.75, 3.05) is 0 Å². The van der Waals surface area contributed by atoms with E-state index in [1.165, 1.54) is 0 Å². The number of aliphatic hydroxyl groups excluding tert-OH is 2. The van der Waals surface area contributed by atoms with E-state index in [2.05, 4.69) is 27.7 Å². The molecule has 2 heterocycles. The molecule has 0 spiro atoms. The maximum atomic E-state index is 10.6. The van der Waals surface area contributed by atoms with Gasteiger partial charge in [0, 0.05) is 26.2 Å². The Morgan fingerprint density at radius 1 is 0.694 bits per heavy atom. The quantitative estimate of drug-likeness (QED) is 0.218. The third-order valence-corrected chi connectivity index (χ3v) is 7.95. The standard InChI is InChI=1S/C26H46N4O4S2/c1-7-27-15-21(33)29(23(27)35)17-25(3,4)13-11-19(31)9-10-20(32)12-14-26(5,6)18-30-22(34)16-28(8-2)24(30)36/h15-16,19-20,31-34H,7-14,17-18H2,1-6H3. The summed E-state index contributed by atoms with van der Waals surface area (Å²) >= 11 is 10.9. The van der Waals surface area contributed by atoms with E-state index in [4.69, 9.17) is 24.4 Å². The Bertz CT molecular complexity index is 1010. The van der Waals surface area contributed by atoms with E-state index in [1.54, 1.807) is 21.5 Å². The van der Waals surface area contributed by atoms with Crippen LogP contribution in [0.15, 0.2) is 12.4 Å². The van der Waals surface area contributed by atoms with Crippen LogP contribution in [-0.2, 0) is 26.2 Å². The van der Waals surface area contributed by atoms with Gasteiger partial charge < -0.3 is 29.6 Å². The van der Waals surface area contributed by atoms with Crippen molar-refractivity contribution in [2.45, 2.75) is 118 Å². The van der Waals surface area contributed by atoms with Crippen molar-refractivity contribution in [3.8, 4) is 11.8 Å². The zero-order valence-electron chi connectivity index (χ0n) is 22.8. The van der Waals surface area contributed by atoms with E-state index >= 15 is 0 Å². The van der Waals surface area contributed by atoms with Gasteiger partial charge in [0.05, 0.1) is 24.6 Å². The highest BCUT2D eigenvalue weighted by molar-refractivity contribution is 7.71. The molecule has 0 radical (unpaired) electrons. The van der Waals surface area contributed by atoms with E-state index in [1.807, 2.05) is 23.0 Å². The van der Waals surface area contributed by atoms with E-state index in [-0.39, 0.29) is 22.6 Å². The number of hydrogen-bond donors (Lipinski definition) is 4. The molecule has 0 amide bonds. The van der Waals surface area contributed by atoms with Crippen molar-refractivity contribution in [3.05, 3.63) is 21.9 Å². The average Bonchev–Trinajstić information content (AvgIpc) is 3.23. The van der Waals surface area contributed by atoms with Crippen LogP contribution in [0.25, 0.3) is 0 Å². The second kappa shape index (κ2) is 12.8. The van der Waals surface area contributed by atoms with Crippen LogP contribution in [0.5, 0.6) is 11.8 Å². The van der Waals surface area contributed by atoms with Gasteiger partial charge in [0.15, 0.2) is 9.54 Å². The molecule has 0 fully saturated rings. The van der Waals surface area contributed by atoms with Crippen LogP contribution >= 0.6 is 24.4 Å². The number of rotatable bonds is 15. The fourth-order valence-electron chi connectivity index (χ4n) is 4.59. The molecule has 0 saturated carbocycles. The molecule has 2 atom stereocenters. The minimum atomic E-state index is -0.488. The number of imidazole rings is 2. The van der Waals surface area contributed by atoms with E-state index < -0.39 is 12.2 Å². The molecular weight excluding hydrogens is 496 g/mol. The Morgan fingerprint density at radius 3 is 1.31 bits per heavy atom. The van der Waals surface area contributed by atoms with Gasteiger partial charge in [-0.05, 0) is 87.6 Å². The van der Waals surface area contributed by atoms with Crippen molar-refractivity contribution >= 4 is 24.4 Å². The van der Waals surface area contributed by atoms with E-state index in [9.17, 15) is 20.4 Å². The molecule has 8 nitrogen and oxygen atoms in total. The highest BCUT2D eigenvalue weighted by atomic mass is 32.1. The topological polar surface area (TPSA) is 101 Å². The number of aromatic hydroxyl groups is 2. The van der Waals surface area contributed by atoms with Crippen molar-refractivity contribution < 1.29 is 20.4 Å². The van der Waals surface area contributed by atoms with Gasteiger partial charge in [0.2, 0.25) is 11.8 Å². The third-order valence-electron chi connectivity index (χ3n) is 7.04. The zero-order chi connectivity index (χ0) is 27.3. The Balaban J connectivity index is 1.78. The minimum absolute atomic E-state index is 0.150. The molecule has 0 bridgehead atoms. The Hall–Kier alpha value is -1.62. The predicted molar refractivity (Wildman–Crippen MR) is 148 cm³/mol. The SMILES string of the molecule is CCn1cc(O)n(CC(C)(C)CCC(O)CCC(O)CCC(C)(C)Cn2c(O)cn(CC)c2=S)c1=S. The minimum Gasteiger partial charge on any atom is -0.493 e. The molecule has 2 unspecified atom stereocenters. The first kappa shape index (κ1) is 30.6. The Morgan fingerprint density at radius 2 is 1.03 bits per heavy atom. The van der Waals surface area contributed by atoms with Crippen molar-refractivity contribution in [1.29, 1.82) is 0 Å². The van der Waals surface area contributed by atoms with Gasteiger partial charge in [-0.1, -0.05) is 27.7 Å². The van der Waals surface area contributed by atoms with Crippen molar-refractivity contribution in [1.82, 2.24) is 18.3 Å². The van der Waals surface area contributed by atoms with Crippen LogP contribution in [0.1, 0.15) is 80.1 Å². The Kier molecular flexibility index (Phi) is 10.8.